The molecule has 1 aliphatic heterocycles. The molecule has 1 N–H and O–H groups in total. The van der Waals surface area contributed by atoms with Gasteiger partial charge in [0.2, 0.25) is 15.9 Å². The molecule has 1 fully saturated rings. The molecule has 2 aromatic carbocycles. The van der Waals surface area contributed by atoms with E-state index in [9.17, 15) is 13.2 Å². The Hall–Kier alpha value is -1.93. The monoisotopic (exact) mass is 463 g/mol. The highest BCUT2D eigenvalue weighted by atomic mass is 35.5. The third kappa shape index (κ3) is 5.66. The lowest BCUT2D eigenvalue weighted by atomic mass is 9.99. The number of sulfonamides is 1. The van der Waals surface area contributed by atoms with E-state index >= 15 is 0 Å². The average molecular weight is 464 g/mol. The molecular formula is C23H30ClN3O3S. The summed E-state index contributed by atoms with van der Waals surface area (Å²) in [7, 11) is -3.54. The molecule has 0 radical (unpaired) electrons. The number of carbonyl (C=O) groups is 1. The number of nitrogens with zero attached hydrogens (tertiary/aromatic N) is 2. The van der Waals surface area contributed by atoms with E-state index in [1.54, 1.807) is 36.4 Å². The molecule has 1 aliphatic rings. The summed E-state index contributed by atoms with van der Waals surface area (Å²) in [5, 5.41) is 3.43. The van der Waals surface area contributed by atoms with Gasteiger partial charge in [-0.25, -0.2) is 8.42 Å². The molecule has 31 heavy (non-hydrogen) atoms. The maximum atomic E-state index is 13.0. The normalized spacial score (nSPS) is 17.8. The van der Waals surface area contributed by atoms with Crippen LogP contribution in [0.1, 0.15) is 38.7 Å². The molecule has 0 spiro atoms. The van der Waals surface area contributed by atoms with Gasteiger partial charge in [0, 0.05) is 36.9 Å². The van der Waals surface area contributed by atoms with Crippen LogP contribution in [0.4, 0.5) is 5.69 Å². The fourth-order valence-corrected chi connectivity index (χ4v) is 5.28. The zero-order chi connectivity index (χ0) is 22.6. The quantitative estimate of drug-likeness (QED) is 0.668. The molecule has 1 heterocycles. The minimum absolute atomic E-state index is 0.140. The van der Waals surface area contributed by atoms with Crippen molar-refractivity contribution in [3.8, 4) is 0 Å². The predicted molar refractivity (Wildman–Crippen MR) is 125 cm³/mol. The lowest BCUT2D eigenvalue weighted by molar-refractivity contribution is -0.121. The Morgan fingerprint density at radius 2 is 1.71 bits per heavy atom. The molecule has 2 aromatic rings. The second-order valence-electron chi connectivity index (χ2n) is 7.99. The molecule has 8 heteroatoms. The summed E-state index contributed by atoms with van der Waals surface area (Å²) >= 11 is 5.97. The number of hydrogen-bond donors (Lipinski definition) is 1. The second kappa shape index (κ2) is 10.1. The summed E-state index contributed by atoms with van der Waals surface area (Å²) in [6.07, 6.45) is 1.01. The van der Waals surface area contributed by atoms with Gasteiger partial charge in [-0.2, -0.15) is 4.31 Å². The Kier molecular flexibility index (Phi) is 7.75. The van der Waals surface area contributed by atoms with Crippen molar-refractivity contribution >= 4 is 33.2 Å². The molecule has 0 aromatic heterocycles. The minimum atomic E-state index is -3.54. The molecule has 6 nitrogen and oxygen atoms in total. The van der Waals surface area contributed by atoms with Gasteiger partial charge in [-0.05, 0) is 55.2 Å². The van der Waals surface area contributed by atoms with Gasteiger partial charge in [-0.3, -0.25) is 9.69 Å². The highest BCUT2D eigenvalue weighted by Crippen LogP contribution is 2.23. The summed E-state index contributed by atoms with van der Waals surface area (Å²) < 4.78 is 27.6. The Balaban J connectivity index is 1.59. The molecule has 2 atom stereocenters. The van der Waals surface area contributed by atoms with Gasteiger partial charge < -0.3 is 5.32 Å². The van der Waals surface area contributed by atoms with Crippen molar-refractivity contribution in [3.63, 3.8) is 0 Å². The molecule has 1 amide bonds. The fraction of sp³-hybridized carbons (Fsp3) is 0.435. The Bertz CT molecular complexity index is 1000. The lowest BCUT2D eigenvalue weighted by Gasteiger charge is -2.36. The van der Waals surface area contributed by atoms with Gasteiger partial charge in [-0.1, -0.05) is 43.6 Å². The average Bonchev–Trinajstić information content (AvgIpc) is 2.78. The van der Waals surface area contributed by atoms with Crippen molar-refractivity contribution in [3.05, 3.63) is 59.1 Å². The van der Waals surface area contributed by atoms with Crippen molar-refractivity contribution in [2.75, 3.05) is 31.5 Å². The first-order chi connectivity index (χ1) is 14.7. The predicted octanol–water partition coefficient (Wildman–Crippen LogP) is 4.19. The van der Waals surface area contributed by atoms with Crippen LogP contribution >= 0.6 is 11.6 Å². The molecule has 0 unspecified atom stereocenters. The molecule has 0 bridgehead atoms. The van der Waals surface area contributed by atoms with Gasteiger partial charge in [0.15, 0.2) is 0 Å². The van der Waals surface area contributed by atoms with Gasteiger partial charge in [0.05, 0.1) is 10.9 Å². The van der Waals surface area contributed by atoms with Gasteiger partial charge >= 0.3 is 0 Å². The zero-order valence-corrected chi connectivity index (χ0v) is 19.8. The van der Waals surface area contributed by atoms with Crippen LogP contribution in [0.15, 0.2) is 53.4 Å². The zero-order valence-electron chi connectivity index (χ0n) is 18.2. The summed E-state index contributed by atoms with van der Waals surface area (Å²) in [6, 6.07) is 13.8. The standard InChI is InChI=1S/C23H30ClN3O3S/c1-4-17(2)19-8-10-22(11-9-19)31(29,30)27-14-12-26(13-15-27)18(3)23(28)25-21-7-5-6-20(24)16-21/h5-11,16-18H,4,12-15H2,1-3H3,(H,25,28)/t17-,18-/m1/s1. The maximum absolute atomic E-state index is 13.0. The first kappa shape index (κ1) is 23.7. The van der Waals surface area contributed by atoms with Crippen LogP contribution < -0.4 is 5.32 Å². The van der Waals surface area contributed by atoms with Crippen LogP contribution in [0.3, 0.4) is 0 Å². The van der Waals surface area contributed by atoms with E-state index in [1.807, 2.05) is 24.0 Å². The fourth-order valence-electron chi connectivity index (χ4n) is 3.66. The van der Waals surface area contributed by atoms with Crippen molar-refractivity contribution < 1.29 is 13.2 Å². The van der Waals surface area contributed by atoms with E-state index in [-0.39, 0.29) is 11.9 Å². The van der Waals surface area contributed by atoms with Crippen LogP contribution in [-0.2, 0) is 14.8 Å². The number of carbonyl (C=O) groups excluding carboxylic acids is 1. The Morgan fingerprint density at radius 1 is 1.06 bits per heavy atom. The number of amides is 1. The molecule has 1 saturated heterocycles. The number of hydrogen-bond acceptors (Lipinski definition) is 4. The van der Waals surface area contributed by atoms with E-state index < -0.39 is 10.0 Å². The van der Waals surface area contributed by atoms with E-state index in [4.69, 9.17) is 11.6 Å². The van der Waals surface area contributed by atoms with Crippen molar-refractivity contribution in [2.24, 2.45) is 0 Å². The molecule has 0 saturated carbocycles. The lowest BCUT2D eigenvalue weighted by Crippen LogP contribution is -2.53. The van der Waals surface area contributed by atoms with E-state index in [1.165, 1.54) is 4.31 Å². The maximum Gasteiger partial charge on any atom is 0.243 e. The third-order valence-electron chi connectivity index (χ3n) is 5.99. The number of benzene rings is 2. The summed E-state index contributed by atoms with van der Waals surface area (Å²) in [5.41, 5.74) is 1.79. The van der Waals surface area contributed by atoms with E-state index in [0.29, 0.717) is 47.7 Å². The molecular weight excluding hydrogens is 434 g/mol. The highest BCUT2D eigenvalue weighted by Gasteiger charge is 2.31. The van der Waals surface area contributed by atoms with Crippen LogP contribution in [0.25, 0.3) is 0 Å². The SMILES string of the molecule is CC[C@@H](C)c1ccc(S(=O)(=O)N2CCN([C@H](C)C(=O)Nc3cccc(Cl)c3)CC2)cc1. The highest BCUT2D eigenvalue weighted by molar-refractivity contribution is 7.89. The van der Waals surface area contributed by atoms with Crippen LogP contribution in [0, 0.1) is 0 Å². The van der Waals surface area contributed by atoms with Gasteiger partial charge in [0.1, 0.15) is 0 Å². The van der Waals surface area contributed by atoms with E-state index in [2.05, 4.69) is 19.2 Å². The largest absolute Gasteiger partial charge is 0.325 e. The second-order valence-corrected chi connectivity index (χ2v) is 10.4. The molecule has 0 aliphatic carbocycles. The van der Waals surface area contributed by atoms with E-state index in [0.717, 1.165) is 12.0 Å². The molecule has 168 valence electrons. The summed E-state index contributed by atoms with van der Waals surface area (Å²) in [6.45, 7) is 7.77. The Morgan fingerprint density at radius 3 is 2.29 bits per heavy atom. The number of piperazine rings is 1. The summed E-state index contributed by atoms with van der Waals surface area (Å²) in [5.74, 6) is 0.263. The van der Waals surface area contributed by atoms with Crippen molar-refractivity contribution in [2.45, 2.75) is 44.0 Å². The molecule has 3 rings (SSSR count). The van der Waals surface area contributed by atoms with Gasteiger partial charge in [0.25, 0.3) is 0 Å². The first-order valence-corrected chi connectivity index (χ1v) is 12.4. The Labute approximate surface area is 190 Å². The number of rotatable bonds is 7. The number of nitrogens with one attached hydrogen (secondary N) is 1. The topological polar surface area (TPSA) is 69.7 Å². The van der Waals surface area contributed by atoms with Crippen LogP contribution in [0.2, 0.25) is 5.02 Å². The van der Waals surface area contributed by atoms with Crippen LogP contribution in [0.5, 0.6) is 0 Å². The number of halogens is 1. The third-order valence-corrected chi connectivity index (χ3v) is 8.14. The first-order valence-electron chi connectivity index (χ1n) is 10.6. The smallest absolute Gasteiger partial charge is 0.243 e. The van der Waals surface area contributed by atoms with Crippen molar-refractivity contribution in [1.29, 1.82) is 0 Å². The summed E-state index contributed by atoms with van der Waals surface area (Å²) in [4.78, 5) is 14.9. The van der Waals surface area contributed by atoms with Gasteiger partial charge in [-0.15, -0.1) is 0 Å². The minimum Gasteiger partial charge on any atom is -0.325 e. The van der Waals surface area contributed by atoms with Crippen LogP contribution in [-0.4, -0.2) is 55.8 Å². The number of anilines is 1. The van der Waals surface area contributed by atoms with Crippen molar-refractivity contribution in [1.82, 2.24) is 9.21 Å².